The maximum Gasteiger partial charge on any atom is 0.337 e. The van der Waals surface area contributed by atoms with Crippen molar-refractivity contribution in [2.24, 2.45) is 5.10 Å². The van der Waals surface area contributed by atoms with Gasteiger partial charge in [-0.2, -0.15) is 5.10 Å². The lowest BCUT2D eigenvalue weighted by Crippen LogP contribution is -2.02. The minimum Gasteiger partial charge on any atom is -0.488 e. The molecular formula is C21H16Cl3N3O3. The van der Waals surface area contributed by atoms with Crippen LogP contribution in [0.4, 0.5) is 5.82 Å². The second-order valence-electron chi connectivity index (χ2n) is 5.98. The standard InChI is InChI=1S/C21H16Cl3N3O3/c1-29-21(28)14-8-6-13(7-9-14)12-30-18-5-3-2-4-15(18)11-25-27-20-17(23)10-16(22)19(24)26-20/h2-11H,12H2,1H3,(H,26,27). The van der Waals surface area contributed by atoms with Crippen molar-refractivity contribution in [1.82, 2.24) is 4.98 Å². The summed E-state index contributed by atoms with van der Waals surface area (Å²) in [5, 5.41) is 4.82. The second-order valence-corrected chi connectivity index (χ2v) is 7.15. The highest BCUT2D eigenvalue weighted by Crippen LogP contribution is 2.28. The number of nitrogens with one attached hydrogen (secondary N) is 1. The molecular weight excluding hydrogens is 449 g/mol. The SMILES string of the molecule is COC(=O)c1ccc(COc2ccccc2C=NNc2nc(Cl)c(Cl)cc2Cl)cc1. The Balaban J connectivity index is 1.66. The number of hydrazone groups is 1. The molecule has 0 saturated carbocycles. The summed E-state index contributed by atoms with van der Waals surface area (Å²) in [6, 6.07) is 15.9. The number of carbonyl (C=O) groups is 1. The maximum atomic E-state index is 11.5. The molecule has 6 nitrogen and oxygen atoms in total. The molecule has 0 atom stereocenters. The summed E-state index contributed by atoms with van der Waals surface area (Å²) in [5.74, 6) is 0.535. The molecule has 3 aromatic rings. The van der Waals surface area contributed by atoms with Crippen molar-refractivity contribution >= 4 is 52.8 Å². The van der Waals surface area contributed by atoms with E-state index >= 15 is 0 Å². The van der Waals surface area contributed by atoms with Gasteiger partial charge >= 0.3 is 5.97 Å². The number of esters is 1. The smallest absolute Gasteiger partial charge is 0.337 e. The summed E-state index contributed by atoms with van der Waals surface area (Å²) in [5.41, 5.74) is 4.86. The number of carbonyl (C=O) groups excluding carboxylic acids is 1. The molecule has 2 aromatic carbocycles. The Labute approximate surface area is 188 Å². The van der Waals surface area contributed by atoms with Crippen molar-refractivity contribution in [3.8, 4) is 5.75 Å². The van der Waals surface area contributed by atoms with Gasteiger partial charge in [-0.1, -0.05) is 59.1 Å². The highest BCUT2D eigenvalue weighted by atomic mass is 35.5. The van der Waals surface area contributed by atoms with Crippen molar-refractivity contribution in [1.29, 1.82) is 0 Å². The van der Waals surface area contributed by atoms with E-state index in [0.29, 0.717) is 22.9 Å². The number of aromatic nitrogens is 1. The fraction of sp³-hybridized carbons (Fsp3) is 0.0952. The van der Waals surface area contributed by atoms with E-state index in [1.54, 1.807) is 18.3 Å². The third kappa shape index (κ3) is 5.63. The number of para-hydroxylation sites is 1. The molecule has 1 heterocycles. The summed E-state index contributed by atoms with van der Waals surface area (Å²) in [7, 11) is 1.35. The van der Waals surface area contributed by atoms with Gasteiger partial charge in [0, 0.05) is 5.56 Å². The molecule has 1 N–H and O–H groups in total. The number of methoxy groups -OCH3 is 1. The quantitative estimate of drug-likeness (QED) is 0.205. The molecule has 0 bridgehead atoms. The van der Waals surface area contributed by atoms with Crippen LogP contribution < -0.4 is 10.2 Å². The topological polar surface area (TPSA) is 72.8 Å². The van der Waals surface area contributed by atoms with Gasteiger partial charge in [0.05, 0.1) is 28.9 Å². The van der Waals surface area contributed by atoms with Crippen LogP contribution in [-0.2, 0) is 11.3 Å². The van der Waals surface area contributed by atoms with E-state index in [-0.39, 0.29) is 22.0 Å². The van der Waals surface area contributed by atoms with Crippen molar-refractivity contribution in [3.05, 3.63) is 86.5 Å². The van der Waals surface area contributed by atoms with Gasteiger partial charge < -0.3 is 9.47 Å². The van der Waals surface area contributed by atoms with E-state index in [1.165, 1.54) is 13.2 Å². The van der Waals surface area contributed by atoms with Crippen LogP contribution in [-0.4, -0.2) is 24.3 Å². The second kappa shape index (κ2) is 10.3. The number of hydrogen-bond donors (Lipinski definition) is 1. The molecule has 30 heavy (non-hydrogen) atoms. The maximum absolute atomic E-state index is 11.5. The number of hydrogen-bond acceptors (Lipinski definition) is 6. The van der Waals surface area contributed by atoms with Gasteiger partial charge in [0.1, 0.15) is 17.5 Å². The molecule has 0 aliphatic rings. The van der Waals surface area contributed by atoms with E-state index in [2.05, 4.69) is 15.5 Å². The Morgan fingerprint density at radius 1 is 1.10 bits per heavy atom. The van der Waals surface area contributed by atoms with Crippen molar-refractivity contribution < 1.29 is 14.3 Å². The summed E-state index contributed by atoms with van der Waals surface area (Å²) >= 11 is 17.8. The van der Waals surface area contributed by atoms with E-state index in [4.69, 9.17) is 44.3 Å². The molecule has 3 rings (SSSR count). The molecule has 0 amide bonds. The summed E-state index contributed by atoms with van der Waals surface area (Å²) in [4.78, 5) is 15.5. The first kappa shape index (κ1) is 21.9. The predicted octanol–water partition coefficient (Wildman–Crippen LogP) is 5.85. The number of pyridine rings is 1. The Morgan fingerprint density at radius 2 is 1.83 bits per heavy atom. The minimum absolute atomic E-state index is 0.126. The monoisotopic (exact) mass is 463 g/mol. The van der Waals surface area contributed by atoms with Crippen LogP contribution >= 0.6 is 34.8 Å². The summed E-state index contributed by atoms with van der Waals surface area (Å²) in [6.07, 6.45) is 1.58. The molecule has 0 saturated heterocycles. The van der Waals surface area contributed by atoms with Gasteiger partial charge in [-0.15, -0.1) is 0 Å². The Kier molecular flexibility index (Phi) is 7.52. The van der Waals surface area contributed by atoms with Gasteiger partial charge in [-0.25, -0.2) is 9.78 Å². The zero-order valence-electron chi connectivity index (χ0n) is 15.7. The molecule has 0 aliphatic carbocycles. The number of halogens is 3. The minimum atomic E-state index is -0.381. The van der Waals surface area contributed by atoms with Crippen LogP contribution in [0.3, 0.4) is 0 Å². The highest BCUT2D eigenvalue weighted by Gasteiger charge is 2.08. The van der Waals surface area contributed by atoms with Gasteiger partial charge in [0.2, 0.25) is 0 Å². The third-order valence-corrected chi connectivity index (χ3v) is 4.91. The highest BCUT2D eigenvalue weighted by molar-refractivity contribution is 6.42. The average molecular weight is 465 g/mol. The van der Waals surface area contributed by atoms with Crippen molar-refractivity contribution in [2.45, 2.75) is 6.61 Å². The fourth-order valence-electron chi connectivity index (χ4n) is 2.42. The van der Waals surface area contributed by atoms with Crippen molar-refractivity contribution in [3.63, 3.8) is 0 Å². The molecule has 1 aromatic heterocycles. The number of benzene rings is 2. The van der Waals surface area contributed by atoms with E-state index < -0.39 is 0 Å². The van der Waals surface area contributed by atoms with Crippen LogP contribution in [0.25, 0.3) is 0 Å². The number of anilines is 1. The predicted molar refractivity (Wildman–Crippen MR) is 119 cm³/mol. The summed E-state index contributed by atoms with van der Waals surface area (Å²) < 4.78 is 10.6. The van der Waals surface area contributed by atoms with E-state index in [1.807, 2.05) is 36.4 Å². The van der Waals surface area contributed by atoms with Crippen LogP contribution in [0.2, 0.25) is 15.2 Å². The third-order valence-electron chi connectivity index (χ3n) is 3.95. The van der Waals surface area contributed by atoms with Gasteiger partial charge in [0.25, 0.3) is 0 Å². The zero-order chi connectivity index (χ0) is 21.5. The molecule has 0 fully saturated rings. The van der Waals surface area contributed by atoms with Gasteiger partial charge in [0.15, 0.2) is 5.82 Å². The molecule has 9 heteroatoms. The van der Waals surface area contributed by atoms with Crippen molar-refractivity contribution in [2.75, 3.05) is 12.5 Å². The van der Waals surface area contributed by atoms with E-state index in [0.717, 1.165) is 11.1 Å². The summed E-state index contributed by atoms with van der Waals surface area (Å²) in [6.45, 7) is 0.319. The first-order valence-electron chi connectivity index (χ1n) is 8.67. The molecule has 154 valence electrons. The number of ether oxygens (including phenoxy) is 2. The normalized spacial score (nSPS) is 10.8. The Bertz CT molecular complexity index is 1070. The van der Waals surface area contributed by atoms with Crippen LogP contribution in [0.5, 0.6) is 5.75 Å². The lowest BCUT2D eigenvalue weighted by atomic mass is 10.1. The zero-order valence-corrected chi connectivity index (χ0v) is 18.0. The molecule has 0 spiro atoms. The Hall–Kier alpha value is -2.80. The number of rotatable bonds is 7. The molecule has 0 aliphatic heterocycles. The van der Waals surface area contributed by atoms with Crippen LogP contribution in [0.1, 0.15) is 21.5 Å². The average Bonchev–Trinajstić information content (AvgIpc) is 2.76. The van der Waals surface area contributed by atoms with Gasteiger partial charge in [-0.3, -0.25) is 5.43 Å². The van der Waals surface area contributed by atoms with Gasteiger partial charge in [-0.05, 0) is 35.9 Å². The lowest BCUT2D eigenvalue weighted by molar-refractivity contribution is 0.0600. The first-order chi connectivity index (χ1) is 14.5. The van der Waals surface area contributed by atoms with Crippen LogP contribution in [0.15, 0.2) is 59.7 Å². The first-order valence-corrected chi connectivity index (χ1v) is 9.81. The fourth-order valence-corrected chi connectivity index (χ4v) is 2.96. The largest absolute Gasteiger partial charge is 0.488 e. The lowest BCUT2D eigenvalue weighted by Gasteiger charge is -2.10. The molecule has 0 unspecified atom stereocenters. The number of nitrogens with zero attached hydrogens (tertiary/aromatic N) is 2. The molecule has 0 radical (unpaired) electrons. The van der Waals surface area contributed by atoms with E-state index in [9.17, 15) is 4.79 Å². The Morgan fingerprint density at radius 3 is 2.57 bits per heavy atom. The van der Waals surface area contributed by atoms with Crippen LogP contribution in [0, 0.1) is 0 Å².